The summed E-state index contributed by atoms with van der Waals surface area (Å²) in [6, 6.07) is 4.62. The smallest absolute Gasteiger partial charge is 0.273 e. The molecule has 0 aliphatic carbocycles. The Hall–Kier alpha value is -2.88. The maximum absolute atomic E-state index is 13.1. The lowest BCUT2D eigenvalue weighted by atomic mass is 10.1. The van der Waals surface area contributed by atoms with Crippen LogP contribution in [-0.2, 0) is 16.0 Å². The number of benzene rings is 1. The van der Waals surface area contributed by atoms with Gasteiger partial charge >= 0.3 is 0 Å². The van der Waals surface area contributed by atoms with Crippen LogP contribution in [0.1, 0.15) is 24.8 Å². The third-order valence-electron chi connectivity index (χ3n) is 3.74. The quantitative estimate of drug-likeness (QED) is 0.796. The van der Waals surface area contributed by atoms with Gasteiger partial charge in [0.1, 0.15) is 22.6 Å². The molecule has 2 amide bonds. The number of carbonyl (C=O) groups is 2. The molecule has 3 rings (SSSR count). The van der Waals surface area contributed by atoms with E-state index in [2.05, 4.69) is 20.6 Å². The van der Waals surface area contributed by atoms with Crippen molar-refractivity contribution in [3.05, 3.63) is 35.1 Å². The summed E-state index contributed by atoms with van der Waals surface area (Å²) in [4.78, 5) is 24.2. The van der Waals surface area contributed by atoms with Gasteiger partial charge in [0.05, 0.1) is 5.69 Å². The average molecular weight is 376 g/mol. The molecular weight excluding hydrogens is 359 g/mol. The third kappa shape index (κ3) is 3.85. The first-order valence-electron chi connectivity index (χ1n) is 8.03. The fourth-order valence-corrected chi connectivity index (χ4v) is 3.33. The fourth-order valence-electron chi connectivity index (χ4n) is 2.49. The number of rotatable bonds is 6. The van der Waals surface area contributed by atoms with Crippen molar-refractivity contribution in [1.29, 1.82) is 0 Å². The van der Waals surface area contributed by atoms with Gasteiger partial charge in [-0.25, -0.2) is 4.39 Å². The topological polar surface area (TPSA) is 114 Å². The minimum atomic E-state index is -0.814. The molecule has 1 aliphatic heterocycles. The van der Waals surface area contributed by atoms with Gasteiger partial charge in [-0.15, -0.1) is 10.2 Å². The highest BCUT2D eigenvalue weighted by molar-refractivity contribution is 7.15. The number of hydrogen-bond acceptors (Lipinski definition) is 7. The molecule has 2 heterocycles. The first-order chi connectivity index (χ1) is 12.5. The number of nitrogens with one attached hydrogen (secondary N) is 1. The molecule has 0 unspecified atom stereocenters. The number of nitrogens with two attached hydrogens (primary N) is 1. The van der Waals surface area contributed by atoms with Crippen molar-refractivity contribution in [1.82, 2.24) is 10.2 Å². The van der Waals surface area contributed by atoms with Gasteiger partial charge in [-0.3, -0.25) is 19.9 Å². The largest absolute Gasteiger partial charge is 0.368 e. The highest BCUT2D eigenvalue weighted by Crippen LogP contribution is 2.25. The molecule has 8 nitrogen and oxygen atoms in total. The Morgan fingerprint density at radius 3 is 2.73 bits per heavy atom. The average Bonchev–Trinajstić information content (AvgIpc) is 3.23. The number of anilines is 2. The lowest BCUT2D eigenvalue weighted by Crippen LogP contribution is -2.39. The Kier molecular flexibility index (Phi) is 5.21. The lowest BCUT2D eigenvalue weighted by Gasteiger charge is -2.20. The Balaban J connectivity index is 1.77. The van der Waals surface area contributed by atoms with Gasteiger partial charge in [0.25, 0.3) is 5.91 Å². The minimum absolute atomic E-state index is 0.0547. The first-order valence-corrected chi connectivity index (χ1v) is 8.85. The summed E-state index contributed by atoms with van der Waals surface area (Å²) in [5, 5.41) is 17.3. The van der Waals surface area contributed by atoms with Crippen LogP contribution < -0.4 is 16.1 Å². The molecule has 0 spiro atoms. The number of amides is 2. The van der Waals surface area contributed by atoms with Gasteiger partial charge in [-0.1, -0.05) is 18.3 Å². The van der Waals surface area contributed by atoms with Gasteiger partial charge in [0, 0.05) is 12.8 Å². The number of aryl methyl sites for hydroxylation is 1. The van der Waals surface area contributed by atoms with E-state index in [0.717, 1.165) is 17.8 Å². The third-order valence-corrected chi connectivity index (χ3v) is 4.64. The summed E-state index contributed by atoms with van der Waals surface area (Å²) in [7, 11) is 0. The number of carbonyl (C=O) groups excluding carboxylic acids is 2. The number of hydrogen-bond donors (Lipinski definition) is 2. The van der Waals surface area contributed by atoms with Crippen LogP contribution in [0.5, 0.6) is 0 Å². The van der Waals surface area contributed by atoms with Crippen LogP contribution in [0.25, 0.3) is 0 Å². The van der Waals surface area contributed by atoms with Gasteiger partial charge in [0.2, 0.25) is 11.0 Å². The highest BCUT2D eigenvalue weighted by atomic mass is 32.1. The molecule has 0 fully saturated rings. The second-order valence-electron chi connectivity index (χ2n) is 5.70. The Bertz CT molecular complexity index is 851. The summed E-state index contributed by atoms with van der Waals surface area (Å²) in [6.45, 7) is 2.03. The maximum atomic E-state index is 13.1. The normalized spacial score (nSPS) is 16.5. The van der Waals surface area contributed by atoms with Crippen molar-refractivity contribution >= 4 is 39.7 Å². The molecule has 2 aromatic rings. The van der Waals surface area contributed by atoms with E-state index >= 15 is 0 Å². The van der Waals surface area contributed by atoms with Gasteiger partial charge in [-0.05, 0) is 30.7 Å². The van der Waals surface area contributed by atoms with Crippen LogP contribution in [0.3, 0.4) is 0 Å². The molecule has 1 aromatic heterocycles. The molecule has 1 atom stereocenters. The zero-order valence-corrected chi connectivity index (χ0v) is 14.8. The Morgan fingerprint density at radius 1 is 1.35 bits per heavy atom. The van der Waals surface area contributed by atoms with Crippen LogP contribution in [0.2, 0.25) is 0 Å². The van der Waals surface area contributed by atoms with E-state index in [0.29, 0.717) is 10.8 Å². The Morgan fingerprint density at radius 2 is 2.08 bits per heavy atom. The maximum Gasteiger partial charge on any atom is 0.273 e. The summed E-state index contributed by atoms with van der Waals surface area (Å²) in [5.41, 5.74) is 6.04. The van der Waals surface area contributed by atoms with Crippen LogP contribution in [0.4, 0.5) is 15.2 Å². The van der Waals surface area contributed by atoms with Crippen molar-refractivity contribution in [2.75, 3.05) is 10.3 Å². The predicted molar refractivity (Wildman–Crippen MR) is 96.4 cm³/mol. The molecule has 0 bridgehead atoms. The van der Waals surface area contributed by atoms with Crippen LogP contribution in [0.15, 0.2) is 29.4 Å². The van der Waals surface area contributed by atoms with E-state index in [4.69, 9.17) is 5.73 Å². The lowest BCUT2D eigenvalue weighted by molar-refractivity contribution is -0.119. The van der Waals surface area contributed by atoms with E-state index in [9.17, 15) is 14.0 Å². The van der Waals surface area contributed by atoms with E-state index in [1.807, 2.05) is 6.92 Å². The van der Waals surface area contributed by atoms with Gasteiger partial charge < -0.3 is 5.73 Å². The molecule has 1 aromatic carbocycles. The monoisotopic (exact) mass is 376 g/mol. The number of halogens is 1. The number of nitrogens with zero attached hydrogens (tertiary/aromatic N) is 4. The van der Waals surface area contributed by atoms with Crippen molar-refractivity contribution in [2.24, 2.45) is 10.8 Å². The van der Waals surface area contributed by atoms with E-state index < -0.39 is 23.7 Å². The second-order valence-corrected chi connectivity index (χ2v) is 6.76. The molecule has 1 aliphatic rings. The van der Waals surface area contributed by atoms with Crippen molar-refractivity contribution < 1.29 is 14.0 Å². The number of aromatic nitrogens is 2. The highest BCUT2D eigenvalue weighted by Gasteiger charge is 2.35. The number of primary amides is 1. The summed E-state index contributed by atoms with van der Waals surface area (Å²) in [6.07, 6.45) is 1.78. The predicted octanol–water partition coefficient (Wildman–Crippen LogP) is 1.69. The van der Waals surface area contributed by atoms with Crippen LogP contribution >= 0.6 is 11.3 Å². The molecule has 0 saturated heterocycles. The molecule has 0 saturated carbocycles. The minimum Gasteiger partial charge on any atom is -0.368 e. The second kappa shape index (κ2) is 7.56. The van der Waals surface area contributed by atoms with E-state index in [1.54, 1.807) is 0 Å². The first kappa shape index (κ1) is 17.9. The standard InChI is InChI=1S/C16H17FN6O2S/c1-2-3-13-20-21-16(26-13)19-15(25)11-8-12(14(18)24)23(22-11)10-6-4-9(17)5-7-10/h4-7,12H,2-3,8H2,1H3,(H2,18,24)(H,19,21,25)/t12-/m1/s1. The molecule has 136 valence electrons. The zero-order chi connectivity index (χ0) is 18.7. The van der Waals surface area contributed by atoms with E-state index in [-0.39, 0.29) is 12.1 Å². The number of hydrazone groups is 1. The summed E-state index contributed by atoms with van der Waals surface area (Å²) in [5.74, 6) is -1.51. The van der Waals surface area contributed by atoms with E-state index in [1.165, 1.54) is 40.6 Å². The van der Waals surface area contributed by atoms with Crippen molar-refractivity contribution in [3.63, 3.8) is 0 Å². The van der Waals surface area contributed by atoms with Crippen LogP contribution in [0, 0.1) is 5.82 Å². The molecule has 3 N–H and O–H groups in total. The Labute approximate surface area is 152 Å². The molecule has 10 heteroatoms. The summed E-state index contributed by atoms with van der Waals surface area (Å²) >= 11 is 1.29. The van der Waals surface area contributed by atoms with Gasteiger partial charge in [-0.2, -0.15) is 5.10 Å². The SMILES string of the molecule is CCCc1nnc(NC(=O)C2=NN(c3ccc(F)cc3)[C@@H](C(N)=O)C2)s1. The van der Waals surface area contributed by atoms with Gasteiger partial charge in [0.15, 0.2) is 0 Å². The van der Waals surface area contributed by atoms with Crippen molar-refractivity contribution in [3.8, 4) is 0 Å². The van der Waals surface area contributed by atoms with Crippen LogP contribution in [-0.4, -0.2) is 33.8 Å². The van der Waals surface area contributed by atoms with Crippen molar-refractivity contribution in [2.45, 2.75) is 32.2 Å². The molecule has 26 heavy (non-hydrogen) atoms. The summed E-state index contributed by atoms with van der Waals surface area (Å²) < 4.78 is 13.1. The fraction of sp³-hybridized carbons (Fsp3) is 0.312. The zero-order valence-electron chi connectivity index (χ0n) is 14.0. The molecule has 0 radical (unpaired) electrons. The molecular formula is C16H17FN6O2S.